The van der Waals surface area contributed by atoms with Crippen LogP contribution in [0.25, 0.3) is 0 Å². The number of carbonyl (C=O) groups excluding carboxylic acids is 2. The van der Waals surface area contributed by atoms with Crippen molar-refractivity contribution in [2.24, 2.45) is 0 Å². The highest BCUT2D eigenvalue weighted by atomic mass is 16.5. The minimum atomic E-state index is -0.151. The van der Waals surface area contributed by atoms with Gasteiger partial charge in [-0.25, -0.2) is 0 Å². The number of nitrogens with zero attached hydrogens (tertiary/aromatic N) is 1. The molecule has 0 bridgehead atoms. The van der Waals surface area contributed by atoms with Crippen LogP contribution in [0.5, 0.6) is 5.75 Å². The molecule has 0 aliphatic heterocycles. The maximum absolute atomic E-state index is 13.1. The van der Waals surface area contributed by atoms with Crippen LogP contribution >= 0.6 is 0 Å². The van der Waals surface area contributed by atoms with Crippen molar-refractivity contribution >= 4 is 23.2 Å². The minimum Gasteiger partial charge on any atom is -0.484 e. The van der Waals surface area contributed by atoms with Crippen molar-refractivity contribution in [3.05, 3.63) is 126 Å². The van der Waals surface area contributed by atoms with Crippen LogP contribution in [-0.4, -0.2) is 18.4 Å². The molecule has 0 aromatic heterocycles. The molecule has 0 unspecified atom stereocenters. The highest BCUT2D eigenvalue weighted by Gasteiger charge is 2.17. The Labute approximate surface area is 199 Å². The molecule has 34 heavy (non-hydrogen) atoms. The van der Waals surface area contributed by atoms with Crippen molar-refractivity contribution in [2.75, 3.05) is 16.8 Å². The fourth-order valence-corrected chi connectivity index (χ4v) is 3.53. The minimum absolute atomic E-state index is 0.0713. The van der Waals surface area contributed by atoms with E-state index in [2.05, 4.69) is 5.32 Å². The molecular formula is C29H26N2O3. The van der Waals surface area contributed by atoms with E-state index in [4.69, 9.17) is 4.74 Å². The molecule has 0 heterocycles. The summed E-state index contributed by atoms with van der Waals surface area (Å²) in [5.74, 6) is 0.407. The van der Waals surface area contributed by atoms with E-state index < -0.39 is 0 Å². The lowest BCUT2D eigenvalue weighted by Gasteiger charge is -2.23. The number of benzene rings is 4. The summed E-state index contributed by atoms with van der Waals surface area (Å²) in [6.45, 7) is 0.351. The van der Waals surface area contributed by atoms with E-state index in [1.54, 1.807) is 4.90 Å². The molecule has 170 valence electrons. The quantitative estimate of drug-likeness (QED) is 0.367. The summed E-state index contributed by atoms with van der Waals surface area (Å²) in [6.07, 6.45) is 0.249. The molecule has 4 aromatic rings. The molecule has 4 rings (SSSR count). The van der Waals surface area contributed by atoms with Gasteiger partial charge in [-0.05, 0) is 47.5 Å². The Morgan fingerprint density at radius 3 is 1.91 bits per heavy atom. The third kappa shape index (κ3) is 6.56. The van der Waals surface area contributed by atoms with Crippen LogP contribution in [0.2, 0.25) is 0 Å². The van der Waals surface area contributed by atoms with E-state index in [0.717, 1.165) is 22.5 Å². The lowest BCUT2D eigenvalue weighted by molar-refractivity contribution is -0.120. The van der Waals surface area contributed by atoms with Gasteiger partial charge in [0.25, 0.3) is 5.91 Å². The first-order valence-electron chi connectivity index (χ1n) is 11.1. The van der Waals surface area contributed by atoms with Crippen molar-refractivity contribution < 1.29 is 14.3 Å². The Kier molecular flexibility index (Phi) is 7.70. The number of anilines is 2. The fourth-order valence-electron chi connectivity index (χ4n) is 3.53. The van der Waals surface area contributed by atoms with Gasteiger partial charge in [-0.1, -0.05) is 78.9 Å². The predicted octanol–water partition coefficient (Wildman–Crippen LogP) is 5.48. The van der Waals surface area contributed by atoms with E-state index in [0.29, 0.717) is 12.3 Å². The topological polar surface area (TPSA) is 58.6 Å². The molecule has 5 heteroatoms. The number of rotatable bonds is 9. The van der Waals surface area contributed by atoms with Gasteiger partial charge in [-0.15, -0.1) is 0 Å². The van der Waals surface area contributed by atoms with Crippen LogP contribution in [0.1, 0.15) is 11.1 Å². The number of hydrogen-bond acceptors (Lipinski definition) is 3. The molecule has 0 radical (unpaired) electrons. The predicted molar refractivity (Wildman–Crippen MR) is 135 cm³/mol. The van der Waals surface area contributed by atoms with Gasteiger partial charge in [-0.3, -0.25) is 9.59 Å². The summed E-state index contributed by atoms with van der Waals surface area (Å²) in [5.41, 5.74) is 3.40. The van der Waals surface area contributed by atoms with E-state index in [1.165, 1.54) is 0 Å². The zero-order valence-corrected chi connectivity index (χ0v) is 18.8. The van der Waals surface area contributed by atoms with Gasteiger partial charge in [0.15, 0.2) is 6.61 Å². The molecule has 0 saturated heterocycles. The number of carbonyl (C=O) groups is 2. The molecule has 1 N–H and O–H groups in total. The SMILES string of the molecule is O=C(Cc1ccc(N(Cc2ccccc2)C(=O)COc2ccccc2)cc1)Nc1ccccc1. The summed E-state index contributed by atoms with van der Waals surface area (Å²) in [6, 6.07) is 36.0. The van der Waals surface area contributed by atoms with Gasteiger partial charge in [0.2, 0.25) is 5.91 Å². The molecule has 0 atom stereocenters. The van der Waals surface area contributed by atoms with Crippen LogP contribution < -0.4 is 15.0 Å². The van der Waals surface area contributed by atoms with Crippen LogP contribution in [0.3, 0.4) is 0 Å². The summed E-state index contributed by atoms with van der Waals surface area (Å²) in [4.78, 5) is 27.2. The number of hydrogen-bond donors (Lipinski definition) is 1. The van der Waals surface area contributed by atoms with Gasteiger partial charge in [0, 0.05) is 11.4 Å². The van der Waals surface area contributed by atoms with Crippen LogP contribution in [0, 0.1) is 0 Å². The monoisotopic (exact) mass is 450 g/mol. The molecular weight excluding hydrogens is 424 g/mol. The van der Waals surface area contributed by atoms with E-state index in [9.17, 15) is 9.59 Å². The molecule has 2 amide bonds. The van der Waals surface area contributed by atoms with Crippen molar-refractivity contribution in [1.29, 1.82) is 0 Å². The summed E-state index contributed by atoms with van der Waals surface area (Å²) >= 11 is 0. The maximum Gasteiger partial charge on any atom is 0.265 e. The number of nitrogens with one attached hydrogen (secondary N) is 1. The van der Waals surface area contributed by atoms with Gasteiger partial charge < -0.3 is 15.0 Å². The Hall–Kier alpha value is -4.38. The molecule has 0 spiro atoms. The molecule has 0 aliphatic carbocycles. The van der Waals surface area contributed by atoms with Crippen molar-refractivity contribution in [3.63, 3.8) is 0 Å². The fraction of sp³-hybridized carbons (Fsp3) is 0.103. The van der Waals surface area contributed by atoms with Crippen LogP contribution in [-0.2, 0) is 22.6 Å². The summed E-state index contributed by atoms with van der Waals surface area (Å²) < 4.78 is 5.70. The zero-order valence-electron chi connectivity index (χ0n) is 18.8. The smallest absolute Gasteiger partial charge is 0.265 e. The number of amides is 2. The van der Waals surface area contributed by atoms with Crippen LogP contribution in [0.15, 0.2) is 115 Å². The van der Waals surface area contributed by atoms with Gasteiger partial charge in [0.1, 0.15) is 5.75 Å². The average Bonchev–Trinajstić information content (AvgIpc) is 2.88. The standard InChI is InChI=1S/C29H26N2O3/c32-28(30-25-12-6-2-7-13-25)20-23-16-18-26(19-17-23)31(21-24-10-4-1-5-11-24)29(33)22-34-27-14-8-3-9-15-27/h1-19H,20-22H2,(H,30,32). The lowest BCUT2D eigenvalue weighted by atomic mass is 10.1. The molecule has 5 nitrogen and oxygen atoms in total. The van der Waals surface area contributed by atoms with Crippen molar-refractivity contribution in [1.82, 2.24) is 0 Å². The summed E-state index contributed by atoms with van der Waals surface area (Å²) in [7, 11) is 0. The van der Waals surface area contributed by atoms with E-state index >= 15 is 0 Å². The van der Waals surface area contributed by atoms with Crippen molar-refractivity contribution in [3.8, 4) is 5.75 Å². The van der Waals surface area contributed by atoms with Gasteiger partial charge >= 0.3 is 0 Å². The third-order valence-corrected chi connectivity index (χ3v) is 5.26. The number of ether oxygens (including phenoxy) is 1. The molecule has 0 saturated carbocycles. The van der Waals surface area contributed by atoms with Crippen LogP contribution in [0.4, 0.5) is 11.4 Å². The van der Waals surface area contributed by atoms with E-state index in [-0.39, 0.29) is 24.8 Å². The summed E-state index contributed by atoms with van der Waals surface area (Å²) in [5, 5.41) is 2.89. The Bertz CT molecular complexity index is 1190. The third-order valence-electron chi connectivity index (χ3n) is 5.26. The Morgan fingerprint density at radius 2 is 1.26 bits per heavy atom. The van der Waals surface area contributed by atoms with Gasteiger partial charge in [-0.2, -0.15) is 0 Å². The van der Waals surface area contributed by atoms with Gasteiger partial charge in [0.05, 0.1) is 13.0 Å². The Morgan fingerprint density at radius 1 is 0.676 bits per heavy atom. The second kappa shape index (κ2) is 11.5. The largest absolute Gasteiger partial charge is 0.484 e. The zero-order chi connectivity index (χ0) is 23.6. The van der Waals surface area contributed by atoms with E-state index in [1.807, 2.05) is 115 Å². The average molecular weight is 451 g/mol. The first-order valence-corrected chi connectivity index (χ1v) is 11.1. The second-order valence-corrected chi connectivity index (χ2v) is 7.82. The molecule has 4 aromatic carbocycles. The molecule has 0 fully saturated rings. The maximum atomic E-state index is 13.1. The highest BCUT2D eigenvalue weighted by molar-refractivity contribution is 5.95. The second-order valence-electron chi connectivity index (χ2n) is 7.82. The first-order chi connectivity index (χ1) is 16.7. The molecule has 0 aliphatic rings. The normalized spacial score (nSPS) is 10.4. The lowest BCUT2D eigenvalue weighted by Crippen LogP contribution is -2.34. The van der Waals surface area contributed by atoms with Crippen molar-refractivity contribution in [2.45, 2.75) is 13.0 Å². The number of para-hydroxylation sites is 2. The highest BCUT2D eigenvalue weighted by Crippen LogP contribution is 2.20. The Balaban J connectivity index is 1.45. The first kappa shape index (κ1) is 22.8.